The van der Waals surface area contributed by atoms with Gasteiger partial charge in [-0.1, -0.05) is 79.7 Å². The van der Waals surface area contributed by atoms with Gasteiger partial charge in [-0.15, -0.1) is 0 Å². The summed E-state index contributed by atoms with van der Waals surface area (Å²) in [6.07, 6.45) is 0.540. The molecule has 2 N–H and O–H groups in total. The Balaban J connectivity index is 1.74. The van der Waals surface area contributed by atoms with Gasteiger partial charge in [-0.2, -0.15) is 11.8 Å². The highest BCUT2D eigenvalue weighted by Crippen LogP contribution is 2.22. The van der Waals surface area contributed by atoms with Gasteiger partial charge >= 0.3 is 12.0 Å². The highest BCUT2D eigenvalue weighted by Gasteiger charge is 2.30. The van der Waals surface area contributed by atoms with E-state index in [0.29, 0.717) is 17.7 Å². The maximum atomic E-state index is 13.4. The minimum atomic E-state index is -1.14. The van der Waals surface area contributed by atoms with Crippen molar-refractivity contribution in [2.24, 2.45) is 0 Å². The summed E-state index contributed by atoms with van der Waals surface area (Å²) in [5.74, 6) is -0.791. The van der Waals surface area contributed by atoms with Crippen LogP contribution < -0.4 is 5.32 Å². The minimum Gasteiger partial charge on any atom is -0.480 e. The third-order valence-electron chi connectivity index (χ3n) is 5.68. The number of aliphatic carboxylic acids is 1. The topological polar surface area (TPSA) is 86.7 Å². The maximum absolute atomic E-state index is 13.4. The molecule has 35 heavy (non-hydrogen) atoms. The van der Waals surface area contributed by atoms with Crippen LogP contribution in [0.25, 0.3) is 11.1 Å². The van der Waals surface area contributed by atoms with Gasteiger partial charge in [-0.25, -0.2) is 9.59 Å². The summed E-state index contributed by atoms with van der Waals surface area (Å²) in [6, 6.07) is 24.2. The number of hydrogen-bond acceptors (Lipinski definition) is 4. The van der Waals surface area contributed by atoms with Gasteiger partial charge < -0.3 is 10.4 Å². The number of benzene rings is 3. The molecule has 3 aromatic rings. The molecule has 0 bridgehead atoms. The van der Waals surface area contributed by atoms with Gasteiger partial charge in [0, 0.05) is 23.1 Å². The van der Waals surface area contributed by atoms with Crippen molar-refractivity contribution < 1.29 is 19.5 Å². The summed E-state index contributed by atoms with van der Waals surface area (Å²) < 4.78 is 0. The first kappa shape index (κ1) is 26.0. The highest BCUT2D eigenvalue weighted by atomic mass is 32.2. The minimum absolute atomic E-state index is 0.183. The molecule has 6 nitrogen and oxygen atoms in total. The number of nitrogens with one attached hydrogen (secondary N) is 1. The highest BCUT2D eigenvalue weighted by molar-refractivity contribution is 7.98. The van der Waals surface area contributed by atoms with E-state index in [1.807, 2.05) is 73.7 Å². The van der Waals surface area contributed by atoms with Crippen LogP contribution in [0.1, 0.15) is 36.2 Å². The van der Waals surface area contributed by atoms with Crippen molar-refractivity contribution in [3.05, 3.63) is 96.1 Å². The number of carboxylic acids is 1. The molecule has 3 amide bonds. The van der Waals surface area contributed by atoms with E-state index in [2.05, 4.69) is 5.32 Å². The molecule has 0 aliphatic carbocycles. The smallest absolute Gasteiger partial charge is 0.327 e. The average Bonchev–Trinajstić information content (AvgIpc) is 2.89. The van der Waals surface area contributed by atoms with Crippen molar-refractivity contribution >= 4 is 29.7 Å². The number of rotatable bonds is 10. The second kappa shape index (κ2) is 12.8. The summed E-state index contributed by atoms with van der Waals surface area (Å²) in [4.78, 5) is 39.6. The molecule has 0 saturated carbocycles. The fraction of sp³-hybridized carbons (Fsp3) is 0.250. The van der Waals surface area contributed by atoms with Crippen LogP contribution >= 0.6 is 11.8 Å². The Kier molecular flexibility index (Phi) is 9.49. The standard InChI is InChI=1S/C28H30N2O4S/c1-3-20(2)30(26(31)24-16-10-15-23(17-24)22-13-8-5-9-14-22)28(34)29-25(27(32)33)19-35-18-21-11-6-4-7-12-21/h4-17,20,25H,3,18-19H2,1-2H3,(H,29,34)(H,32,33)/t20?,25-/m0/s1. The van der Waals surface area contributed by atoms with Gasteiger partial charge in [-0.3, -0.25) is 9.69 Å². The van der Waals surface area contributed by atoms with Gasteiger partial charge in [0.05, 0.1) is 0 Å². The van der Waals surface area contributed by atoms with Crippen molar-refractivity contribution in [1.82, 2.24) is 10.2 Å². The molecule has 0 saturated heterocycles. The Hall–Kier alpha value is -3.58. The fourth-order valence-corrected chi connectivity index (χ4v) is 4.55. The molecule has 7 heteroatoms. The Morgan fingerprint density at radius 1 is 0.914 bits per heavy atom. The van der Waals surface area contributed by atoms with Crippen molar-refractivity contribution in [3.63, 3.8) is 0 Å². The second-order valence-electron chi connectivity index (χ2n) is 8.22. The number of urea groups is 1. The lowest BCUT2D eigenvalue weighted by Crippen LogP contribution is -2.53. The van der Waals surface area contributed by atoms with E-state index in [9.17, 15) is 19.5 Å². The number of carbonyl (C=O) groups excluding carboxylic acids is 2. The number of imide groups is 1. The zero-order valence-corrected chi connectivity index (χ0v) is 20.7. The van der Waals surface area contributed by atoms with E-state index in [0.717, 1.165) is 21.6 Å². The third kappa shape index (κ3) is 7.20. The van der Waals surface area contributed by atoms with Crippen LogP contribution in [0.4, 0.5) is 4.79 Å². The number of nitrogens with zero attached hydrogens (tertiary/aromatic N) is 1. The zero-order valence-electron chi connectivity index (χ0n) is 19.9. The lowest BCUT2D eigenvalue weighted by atomic mass is 10.0. The average molecular weight is 491 g/mol. The molecule has 0 aromatic heterocycles. The summed E-state index contributed by atoms with van der Waals surface area (Å²) in [5.41, 5.74) is 3.26. The van der Waals surface area contributed by atoms with Gasteiger partial charge in [0.25, 0.3) is 5.91 Å². The van der Waals surface area contributed by atoms with Crippen LogP contribution in [-0.4, -0.2) is 45.8 Å². The van der Waals surface area contributed by atoms with Gasteiger partial charge in [-0.05, 0) is 42.2 Å². The van der Waals surface area contributed by atoms with Crippen molar-refractivity contribution in [1.29, 1.82) is 0 Å². The monoisotopic (exact) mass is 490 g/mol. The van der Waals surface area contributed by atoms with Crippen LogP contribution in [0.3, 0.4) is 0 Å². The number of thioether (sulfide) groups is 1. The van der Waals surface area contributed by atoms with E-state index in [1.165, 1.54) is 11.8 Å². The molecular weight excluding hydrogens is 460 g/mol. The Labute approximate surface area is 210 Å². The largest absolute Gasteiger partial charge is 0.480 e. The maximum Gasteiger partial charge on any atom is 0.327 e. The summed E-state index contributed by atoms with van der Waals surface area (Å²) in [7, 11) is 0. The number of carboxylic acid groups (broad SMARTS) is 1. The molecule has 0 spiro atoms. The summed E-state index contributed by atoms with van der Waals surface area (Å²) >= 11 is 1.42. The first-order valence-corrected chi connectivity index (χ1v) is 12.7. The number of carbonyl (C=O) groups is 3. The van der Waals surface area contributed by atoms with Crippen LogP contribution in [0.5, 0.6) is 0 Å². The molecule has 3 aromatic carbocycles. The lowest BCUT2D eigenvalue weighted by Gasteiger charge is -2.28. The predicted octanol–water partition coefficient (Wildman–Crippen LogP) is 5.69. The van der Waals surface area contributed by atoms with Crippen LogP contribution in [0, 0.1) is 0 Å². The number of hydrogen-bond donors (Lipinski definition) is 2. The number of amides is 3. The normalized spacial score (nSPS) is 12.4. The molecule has 0 fully saturated rings. The molecule has 1 unspecified atom stereocenters. The van der Waals surface area contributed by atoms with Crippen LogP contribution in [-0.2, 0) is 10.5 Å². The molecule has 0 radical (unpaired) electrons. The third-order valence-corrected chi connectivity index (χ3v) is 6.78. The molecule has 3 rings (SSSR count). The second-order valence-corrected chi connectivity index (χ2v) is 9.25. The molecule has 0 aliphatic rings. The molecular formula is C28H30N2O4S. The molecule has 0 aliphatic heterocycles. The van der Waals surface area contributed by atoms with Gasteiger partial charge in [0.15, 0.2) is 0 Å². The summed E-state index contributed by atoms with van der Waals surface area (Å²) in [5, 5.41) is 12.2. The van der Waals surface area contributed by atoms with Crippen LogP contribution in [0.15, 0.2) is 84.9 Å². The first-order chi connectivity index (χ1) is 16.9. The molecule has 2 atom stereocenters. The van der Waals surface area contributed by atoms with E-state index in [4.69, 9.17) is 0 Å². The molecule has 182 valence electrons. The van der Waals surface area contributed by atoms with Crippen molar-refractivity contribution in [2.45, 2.75) is 38.1 Å². The lowest BCUT2D eigenvalue weighted by molar-refractivity contribution is -0.138. The predicted molar refractivity (Wildman–Crippen MR) is 140 cm³/mol. The van der Waals surface area contributed by atoms with Crippen molar-refractivity contribution in [2.75, 3.05) is 5.75 Å². The van der Waals surface area contributed by atoms with Crippen LogP contribution in [0.2, 0.25) is 0 Å². The van der Waals surface area contributed by atoms with Gasteiger partial charge in [0.2, 0.25) is 0 Å². The SMILES string of the molecule is CCC(C)N(C(=O)N[C@@H](CSCc1ccccc1)C(=O)O)C(=O)c1cccc(-c2ccccc2)c1. The quantitative estimate of drug-likeness (QED) is 0.381. The van der Waals surface area contributed by atoms with E-state index < -0.39 is 30.0 Å². The fourth-order valence-electron chi connectivity index (χ4n) is 3.54. The Bertz CT molecular complexity index is 1140. The summed E-state index contributed by atoms with van der Waals surface area (Å²) in [6.45, 7) is 3.65. The first-order valence-electron chi connectivity index (χ1n) is 11.5. The zero-order chi connectivity index (χ0) is 25.2. The van der Waals surface area contributed by atoms with Crippen molar-refractivity contribution in [3.8, 4) is 11.1 Å². The van der Waals surface area contributed by atoms with Gasteiger partial charge in [0.1, 0.15) is 6.04 Å². The van der Waals surface area contributed by atoms with E-state index >= 15 is 0 Å². The van der Waals surface area contributed by atoms with E-state index in [1.54, 1.807) is 25.1 Å². The van der Waals surface area contributed by atoms with E-state index in [-0.39, 0.29) is 5.75 Å². The Morgan fingerprint density at radius 2 is 1.54 bits per heavy atom. The molecule has 0 heterocycles. The Morgan fingerprint density at radius 3 is 2.17 bits per heavy atom.